The predicted molar refractivity (Wildman–Crippen MR) is 213 cm³/mol. The fourth-order valence-corrected chi connectivity index (χ4v) is 8.78. The number of carbonyl (C=O) groups excluding carboxylic acids is 3. The molecule has 2 unspecified atom stereocenters. The molecule has 1 aromatic heterocycles. The number of aliphatic hydroxyl groups is 3. The zero-order chi connectivity index (χ0) is 45.5. The standard InChI is InChI=1S/C33H43N5O5.C4H6O6.C4H4O4/c1-17(2)13-26-30(40)37-12-8-11-27(37)33(42)38(26)31(41)32(43-33,18(3)4)35-29(39)20-14-23-21-9-7-10-24-28(21)22(19(5)34-24)15-25(23)36(6)16-20;5-1(3(7)8)2(6)4(9)10;5-3(6)1-2-4(7)8/h7,9-10,14,17-18,20,25-27,34,42H,8,11-13,15-16H2,1-6H3,(H,35,39);1-2,5-6H,(H,7,8)(H,9,10);1-2H,(H,5,6)(H,7,8)/b;;2-1+/t20-,25-,26+,27+,32-,33+;;/m1../s1. The Balaban J connectivity index is 0.000000328. The van der Waals surface area contributed by atoms with Gasteiger partial charge in [-0.25, -0.2) is 19.2 Å². The summed E-state index contributed by atoms with van der Waals surface area (Å²) in [6, 6.07) is 4.87. The molecule has 0 radical (unpaired) electrons. The number of carboxylic acids is 4. The second-order valence-electron chi connectivity index (χ2n) is 16.6. The van der Waals surface area contributed by atoms with Crippen molar-refractivity contribution in [1.82, 2.24) is 25.0 Å². The number of H-pyrrole nitrogens is 1. The molecule has 9 N–H and O–H groups in total. The lowest BCUT2D eigenvalue weighted by Gasteiger charge is -2.49. The molecular weight excluding hydrogens is 802 g/mol. The van der Waals surface area contributed by atoms with E-state index in [1.54, 1.807) is 4.90 Å². The van der Waals surface area contributed by atoms with E-state index in [2.05, 4.69) is 40.3 Å². The number of rotatable bonds is 10. The highest BCUT2D eigenvalue weighted by molar-refractivity contribution is 6.01. The molecule has 0 spiro atoms. The van der Waals surface area contributed by atoms with Crippen LogP contribution in [0.25, 0.3) is 16.5 Å². The Labute approximate surface area is 350 Å². The highest BCUT2D eigenvalue weighted by atomic mass is 16.7. The topological polar surface area (TPSA) is 308 Å². The zero-order valence-corrected chi connectivity index (χ0v) is 34.6. The van der Waals surface area contributed by atoms with Gasteiger partial charge in [-0.3, -0.25) is 28.9 Å². The van der Waals surface area contributed by atoms with Gasteiger partial charge in [0.15, 0.2) is 12.2 Å². The van der Waals surface area contributed by atoms with E-state index in [0.29, 0.717) is 38.1 Å². The van der Waals surface area contributed by atoms with Crippen LogP contribution in [0.15, 0.2) is 36.4 Å². The molecule has 1 aliphatic carbocycles. The lowest BCUT2D eigenvalue weighted by atomic mass is 9.79. The van der Waals surface area contributed by atoms with Crippen molar-refractivity contribution in [2.24, 2.45) is 17.8 Å². The maximum absolute atomic E-state index is 14.4. The van der Waals surface area contributed by atoms with Gasteiger partial charge in [0, 0.05) is 53.8 Å². The van der Waals surface area contributed by atoms with E-state index in [1.165, 1.54) is 21.5 Å². The van der Waals surface area contributed by atoms with E-state index >= 15 is 0 Å². The molecule has 20 nitrogen and oxygen atoms in total. The van der Waals surface area contributed by atoms with Crippen molar-refractivity contribution >= 4 is 58.1 Å². The Morgan fingerprint density at radius 1 is 0.984 bits per heavy atom. The average molecular weight is 856 g/mol. The highest BCUT2D eigenvalue weighted by Crippen LogP contribution is 2.49. The first-order valence-corrected chi connectivity index (χ1v) is 19.8. The third kappa shape index (κ3) is 8.76. The number of aromatic nitrogens is 1. The largest absolute Gasteiger partial charge is 0.479 e. The summed E-state index contributed by atoms with van der Waals surface area (Å²) in [4.78, 5) is 89.6. The minimum Gasteiger partial charge on any atom is -0.479 e. The number of benzene rings is 1. The van der Waals surface area contributed by atoms with Crippen molar-refractivity contribution in [3.63, 3.8) is 0 Å². The summed E-state index contributed by atoms with van der Waals surface area (Å²) < 4.78 is 6.45. The second-order valence-corrected chi connectivity index (χ2v) is 16.6. The van der Waals surface area contributed by atoms with Crippen LogP contribution in [0.3, 0.4) is 0 Å². The molecule has 7 rings (SSSR count). The van der Waals surface area contributed by atoms with Gasteiger partial charge in [-0.15, -0.1) is 0 Å². The Kier molecular flexibility index (Phi) is 13.5. The predicted octanol–water partition coefficient (Wildman–Crippen LogP) is 0.328. The molecule has 3 saturated heterocycles. The van der Waals surface area contributed by atoms with Crippen LogP contribution >= 0.6 is 0 Å². The van der Waals surface area contributed by atoms with Crippen LogP contribution in [0.4, 0.5) is 0 Å². The highest BCUT2D eigenvalue weighted by Gasteiger charge is 2.72. The van der Waals surface area contributed by atoms with Gasteiger partial charge in [0.05, 0.1) is 5.92 Å². The first kappa shape index (κ1) is 46.4. The normalized spacial score (nSPS) is 27.6. The van der Waals surface area contributed by atoms with Gasteiger partial charge in [-0.05, 0) is 68.3 Å². The molecule has 5 aliphatic rings. The molecule has 3 fully saturated rings. The molecule has 3 amide bonds. The number of aromatic amines is 1. The van der Waals surface area contributed by atoms with Crippen molar-refractivity contribution in [2.75, 3.05) is 20.1 Å². The van der Waals surface area contributed by atoms with Crippen LogP contribution in [0.1, 0.15) is 63.8 Å². The maximum atomic E-state index is 14.4. The van der Waals surface area contributed by atoms with Gasteiger partial charge in [-0.1, -0.05) is 45.9 Å². The van der Waals surface area contributed by atoms with Crippen molar-refractivity contribution in [1.29, 1.82) is 0 Å². The molecule has 2 aromatic rings. The number of nitrogens with one attached hydrogen (secondary N) is 2. The van der Waals surface area contributed by atoms with Crippen LogP contribution in [0.5, 0.6) is 0 Å². The smallest absolute Gasteiger partial charge is 0.335 e. The zero-order valence-electron chi connectivity index (χ0n) is 34.6. The molecule has 0 bridgehead atoms. The third-order valence-corrected chi connectivity index (χ3v) is 11.7. The summed E-state index contributed by atoms with van der Waals surface area (Å²) in [5.41, 5.74) is 4.04. The van der Waals surface area contributed by atoms with Crippen molar-refractivity contribution < 1.29 is 74.0 Å². The number of fused-ring (bicyclic) bond motifs is 5. The molecule has 5 heterocycles. The van der Waals surface area contributed by atoms with Crippen LogP contribution in [-0.4, -0.2) is 159 Å². The fraction of sp³-hybridized carbons (Fsp3) is 0.537. The van der Waals surface area contributed by atoms with E-state index in [1.807, 2.05) is 40.8 Å². The van der Waals surface area contributed by atoms with Crippen LogP contribution in [-0.2, 0) is 44.7 Å². The molecular formula is C41H53N5O15. The van der Waals surface area contributed by atoms with Crippen LogP contribution < -0.4 is 5.32 Å². The summed E-state index contributed by atoms with van der Waals surface area (Å²) in [5, 5.41) is 64.5. The first-order valence-electron chi connectivity index (χ1n) is 19.8. The van der Waals surface area contributed by atoms with E-state index in [0.717, 1.165) is 29.5 Å². The summed E-state index contributed by atoms with van der Waals surface area (Å²) >= 11 is 0. The molecule has 1 aromatic carbocycles. The first-order chi connectivity index (χ1) is 28.5. The quantitative estimate of drug-likeness (QED) is 0.145. The molecule has 0 saturated carbocycles. The summed E-state index contributed by atoms with van der Waals surface area (Å²) in [6.45, 7) is 10.7. The van der Waals surface area contributed by atoms with Crippen molar-refractivity contribution in [3.8, 4) is 0 Å². The molecule has 61 heavy (non-hydrogen) atoms. The number of hydrogen-bond acceptors (Lipinski definition) is 12. The number of piperazine rings is 1. The Bertz CT molecular complexity index is 2130. The third-order valence-electron chi connectivity index (χ3n) is 11.7. The van der Waals surface area contributed by atoms with Gasteiger partial charge in [-0.2, -0.15) is 0 Å². The number of aryl methyl sites for hydroxylation is 1. The van der Waals surface area contributed by atoms with Crippen LogP contribution in [0, 0.1) is 24.7 Å². The van der Waals surface area contributed by atoms with Gasteiger partial charge in [0.1, 0.15) is 12.1 Å². The number of aliphatic carboxylic acids is 4. The van der Waals surface area contributed by atoms with E-state index in [-0.39, 0.29) is 23.8 Å². The lowest BCUT2D eigenvalue weighted by molar-refractivity contribution is -0.322. The number of hydrogen-bond donors (Lipinski definition) is 9. The second kappa shape index (κ2) is 17.7. The van der Waals surface area contributed by atoms with E-state index in [4.69, 9.17) is 35.4 Å². The summed E-state index contributed by atoms with van der Waals surface area (Å²) in [7, 11) is 2.04. The monoisotopic (exact) mass is 855 g/mol. The van der Waals surface area contributed by atoms with Gasteiger partial charge in [0.25, 0.3) is 11.8 Å². The molecule has 20 heteroatoms. The minimum atomic E-state index is -2.27. The molecule has 4 aliphatic heterocycles. The minimum absolute atomic E-state index is 0.107. The van der Waals surface area contributed by atoms with E-state index in [9.17, 15) is 38.7 Å². The Morgan fingerprint density at radius 2 is 1.59 bits per heavy atom. The van der Waals surface area contributed by atoms with Gasteiger partial charge in [0.2, 0.25) is 17.5 Å². The van der Waals surface area contributed by atoms with Crippen molar-refractivity contribution in [3.05, 3.63) is 53.2 Å². The number of amides is 3. The number of nitrogens with zero attached hydrogens (tertiary/aromatic N) is 3. The summed E-state index contributed by atoms with van der Waals surface area (Å²) in [6.07, 6.45) is 1.14. The number of aliphatic hydroxyl groups excluding tert-OH is 2. The van der Waals surface area contributed by atoms with Crippen molar-refractivity contribution in [2.45, 2.75) is 102 Å². The number of ether oxygens (including phenoxy) is 1. The molecule has 8 atom stereocenters. The maximum Gasteiger partial charge on any atom is 0.335 e. The Morgan fingerprint density at radius 3 is 2.13 bits per heavy atom. The molecule has 332 valence electrons. The Hall–Kier alpha value is -5.67. The van der Waals surface area contributed by atoms with Crippen LogP contribution in [0.2, 0.25) is 0 Å². The summed E-state index contributed by atoms with van der Waals surface area (Å²) in [5.74, 6) is -10.0. The number of likely N-dealkylation sites (N-methyl/N-ethyl adjacent to an activating group) is 1. The number of carboxylic acid groups (broad SMARTS) is 4. The lowest BCUT2D eigenvalue weighted by Crippen LogP contribution is -2.71. The SMILES string of the molecule is Cc1[nH]c2cccc3c2c1C[C@@H]1C3=C[C@@H](C(=O)N[C@]2(C(C)C)O[C@@]3(O)[C@@H]4CCCN4C(=O)[C@H](CC(C)C)N3C2=O)CN1C.O=C(O)/C=C/C(=O)O.O=C(O)C(O)C(O)C(=O)O. The van der Waals surface area contributed by atoms with Gasteiger partial charge >= 0.3 is 23.9 Å². The fourth-order valence-electron chi connectivity index (χ4n) is 8.78. The number of carbonyl (C=O) groups is 7. The average Bonchev–Trinajstić information content (AvgIpc) is 3.87. The van der Waals surface area contributed by atoms with E-state index < -0.39 is 77.5 Å². The van der Waals surface area contributed by atoms with Gasteiger partial charge < -0.3 is 50.9 Å².